The van der Waals surface area contributed by atoms with Crippen molar-refractivity contribution >= 4 is 33.3 Å². The number of carbonyl (C=O) groups is 2. The minimum atomic E-state index is 0.0382. The van der Waals surface area contributed by atoms with Crippen molar-refractivity contribution in [2.75, 3.05) is 45.0 Å². The Labute approximate surface area is 142 Å². The van der Waals surface area contributed by atoms with E-state index in [1.165, 1.54) is 0 Å². The molecule has 0 aliphatic carbocycles. The lowest BCUT2D eigenvalue weighted by molar-refractivity contribution is -0.121. The SMILES string of the molecule is CCSSCCC(=O)CCCOCCOCCCC(=O)NC. The normalized spacial score (nSPS) is 10.6. The number of hydrogen-bond donors (Lipinski definition) is 1. The van der Waals surface area contributed by atoms with Crippen molar-refractivity contribution in [1.29, 1.82) is 0 Å². The number of rotatable bonds is 16. The Morgan fingerprint density at radius 2 is 1.55 bits per heavy atom. The highest BCUT2D eigenvalue weighted by molar-refractivity contribution is 8.76. The first-order chi connectivity index (χ1) is 10.7. The molecule has 0 saturated carbocycles. The van der Waals surface area contributed by atoms with Crippen LogP contribution in [0.15, 0.2) is 0 Å². The van der Waals surface area contributed by atoms with Crippen LogP contribution in [0.1, 0.15) is 39.0 Å². The van der Waals surface area contributed by atoms with Gasteiger partial charge in [0.15, 0.2) is 0 Å². The Hall–Kier alpha value is -0.240. The molecule has 0 unspecified atom stereocenters. The van der Waals surface area contributed by atoms with E-state index in [9.17, 15) is 9.59 Å². The molecule has 22 heavy (non-hydrogen) atoms. The summed E-state index contributed by atoms with van der Waals surface area (Å²) in [7, 11) is 5.19. The summed E-state index contributed by atoms with van der Waals surface area (Å²) in [5.41, 5.74) is 0. The number of ether oxygens (including phenoxy) is 2. The fraction of sp³-hybridized carbons (Fsp3) is 0.867. The van der Waals surface area contributed by atoms with Gasteiger partial charge in [0.25, 0.3) is 0 Å². The summed E-state index contributed by atoms with van der Waals surface area (Å²) in [4.78, 5) is 22.5. The minimum absolute atomic E-state index is 0.0382. The van der Waals surface area contributed by atoms with Crippen molar-refractivity contribution in [1.82, 2.24) is 5.32 Å². The van der Waals surface area contributed by atoms with Crippen molar-refractivity contribution in [3.63, 3.8) is 0 Å². The molecule has 0 fully saturated rings. The zero-order chi connectivity index (χ0) is 16.5. The van der Waals surface area contributed by atoms with Gasteiger partial charge in [-0.3, -0.25) is 9.59 Å². The maximum atomic E-state index is 11.6. The summed E-state index contributed by atoms with van der Waals surface area (Å²) in [6.07, 6.45) is 3.26. The third-order valence-electron chi connectivity index (χ3n) is 2.75. The van der Waals surface area contributed by atoms with E-state index in [0.29, 0.717) is 51.5 Å². The van der Waals surface area contributed by atoms with Crippen molar-refractivity contribution in [3.8, 4) is 0 Å². The molecule has 0 aromatic carbocycles. The lowest BCUT2D eigenvalue weighted by Crippen LogP contribution is -2.18. The van der Waals surface area contributed by atoms with E-state index in [-0.39, 0.29) is 5.91 Å². The summed E-state index contributed by atoms with van der Waals surface area (Å²) in [6.45, 7) is 4.36. The lowest BCUT2D eigenvalue weighted by Gasteiger charge is -2.05. The lowest BCUT2D eigenvalue weighted by atomic mass is 10.2. The smallest absolute Gasteiger partial charge is 0.219 e. The number of nitrogens with one attached hydrogen (secondary N) is 1. The average Bonchev–Trinajstić information content (AvgIpc) is 2.53. The van der Waals surface area contributed by atoms with Gasteiger partial charge in [-0.15, -0.1) is 0 Å². The van der Waals surface area contributed by atoms with Crippen LogP contribution in [0.25, 0.3) is 0 Å². The molecule has 0 atom stereocenters. The molecule has 5 nitrogen and oxygen atoms in total. The molecule has 0 bridgehead atoms. The molecule has 0 spiro atoms. The summed E-state index contributed by atoms with van der Waals surface area (Å²) < 4.78 is 10.8. The molecule has 1 amide bonds. The quantitative estimate of drug-likeness (QED) is 0.341. The predicted molar refractivity (Wildman–Crippen MR) is 94.4 cm³/mol. The second-order valence-electron chi connectivity index (χ2n) is 4.62. The van der Waals surface area contributed by atoms with Crippen LogP contribution in [0.3, 0.4) is 0 Å². The number of amides is 1. The fourth-order valence-electron chi connectivity index (χ4n) is 1.58. The molecule has 0 radical (unpaired) electrons. The third kappa shape index (κ3) is 16.1. The average molecular weight is 352 g/mol. The first-order valence-electron chi connectivity index (χ1n) is 7.82. The van der Waals surface area contributed by atoms with Gasteiger partial charge >= 0.3 is 0 Å². The molecule has 0 rings (SSSR count). The standard InChI is InChI=1S/C15H29NO4S2/c1-3-21-22-13-8-14(17)6-4-9-19-11-12-20-10-5-7-15(18)16-2/h3-13H2,1-2H3,(H,16,18). The molecule has 0 aliphatic rings. The van der Waals surface area contributed by atoms with E-state index >= 15 is 0 Å². The molecule has 7 heteroatoms. The number of ketones is 1. The van der Waals surface area contributed by atoms with Crippen LogP contribution >= 0.6 is 21.6 Å². The Morgan fingerprint density at radius 3 is 2.14 bits per heavy atom. The molecule has 0 heterocycles. The second kappa shape index (κ2) is 17.1. The summed E-state index contributed by atoms with van der Waals surface area (Å²) in [5, 5.41) is 2.57. The van der Waals surface area contributed by atoms with Crippen LogP contribution in [0.4, 0.5) is 0 Å². The molecule has 0 aromatic heterocycles. The van der Waals surface area contributed by atoms with Gasteiger partial charge in [-0.05, 0) is 12.8 Å². The van der Waals surface area contributed by atoms with Crippen LogP contribution in [0.2, 0.25) is 0 Å². The molecule has 130 valence electrons. The van der Waals surface area contributed by atoms with Crippen LogP contribution < -0.4 is 5.32 Å². The second-order valence-corrected chi connectivity index (χ2v) is 7.49. The van der Waals surface area contributed by atoms with Crippen LogP contribution in [0, 0.1) is 0 Å². The van der Waals surface area contributed by atoms with Gasteiger partial charge in [0.1, 0.15) is 5.78 Å². The van der Waals surface area contributed by atoms with Gasteiger partial charge in [0.2, 0.25) is 5.91 Å². The van der Waals surface area contributed by atoms with Crippen LogP contribution in [-0.4, -0.2) is 56.7 Å². The van der Waals surface area contributed by atoms with Crippen LogP contribution in [0.5, 0.6) is 0 Å². The highest BCUT2D eigenvalue weighted by Gasteiger charge is 2.02. The van der Waals surface area contributed by atoms with Gasteiger partial charge in [0, 0.05) is 51.0 Å². The number of hydrogen-bond acceptors (Lipinski definition) is 6. The van der Waals surface area contributed by atoms with E-state index in [1.54, 1.807) is 28.6 Å². The Morgan fingerprint density at radius 1 is 0.909 bits per heavy atom. The minimum Gasteiger partial charge on any atom is -0.379 e. The first kappa shape index (κ1) is 21.8. The van der Waals surface area contributed by atoms with Crippen LogP contribution in [-0.2, 0) is 19.1 Å². The van der Waals surface area contributed by atoms with Crippen molar-refractivity contribution in [3.05, 3.63) is 0 Å². The van der Waals surface area contributed by atoms with Gasteiger partial charge in [-0.2, -0.15) is 0 Å². The maximum Gasteiger partial charge on any atom is 0.219 e. The first-order valence-corrected chi connectivity index (χ1v) is 10.3. The zero-order valence-electron chi connectivity index (χ0n) is 13.7. The van der Waals surface area contributed by atoms with Crippen molar-refractivity contribution in [2.24, 2.45) is 0 Å². The fourth-order valence-corrected chi connectivity index (χ4v) is 3.27. The third-order valence-corrected chi connectivity index (χ3v) is 5.23. The van der Waals surface area contributed by atoms with E-state index < -0.39 is 0 Å². The summed E-state index contributed by atoms with van der Waals surface area (Å²) in [6, 6.07) is 0. The van der Waals surface area contributed by atoms with E-state index in [1.807, 2.05) is 0 Å². The van der Waals surface area contributed by atoms with Crippen molar-refractivity contribution in [2.45, 2.75) is 39.0 Å². The molecule has 0 saturated heterocycles. The number of Topliss-reactive ketones (excluding diaryl/α,β-unsaturated/α-hetero) is 1. The van der Waals surface area contributed by atoms with E-state index in [0.717, 1.165) is 24.3 Å². The van der Waals surface area contributed by atoms with Gasteiger partial charge < -0.3 is 14.8 Å². The number of carbonyl (C=O) groups excluding carboxylic acids is 2. The molecule has 0 aliphatic heterocycles. The largest absolute Gasteiger partial charge is 0.379 e. The predicted octanol–water partition coefficient (Wildman–Crippen LogP) is 2.69. The maximum absolute atomic E-state index is 11.6. The van der Waals surface area contributed by atoms with E-state index in [4.69, 9.17) is 9.47 Å². The van der Waals surface area contributed by atoms with Gasteiger partial charge in [-0.25, -0.2) is 0 Å². The Kier molecular flexibility index (Phi) is 16.9. The summed E-state index contributed by atoms with van der Waals surface area (Å²) >= 11 is 0. The van der Waals surface area contributed by atoms with Crippen molar-refractivity contribution < 1.29 is 19.1 Å². The molecule has 0 aromatic rings. The highest BCUT2D eigenvalue weighted by atomic mass is 33.1. The summed E-state index contributed by atoms with van der Waals surface area (Å²) in [5.74, 6) is 2.34. The zero-order valence-corrected chi connectivity index (χ0v) is 15.4. The Bertz CT molecular complexity index is 291. The highest BCUT2D eigenvalue weighted by Crippen LogP contribution is 2.21. The van der Waals surface area contributed by atoms with Gasteiger partial charge in [-0.1, -0.05) is 28.5 Å². The van der Waals surface area contributed by atoms with E-state index in [2.05, 4.69) is 12.2 Å². The molecule has 1 N–H and O–H groups in total. The monoisotopic (exact) mass is 351 g/mol. The Balaban J connectivity index is 3.16. The van der Waals surface area contributed by atoms with Gasteiger partial charge in [0.05, 0.1) is 13.2 Å². The molecular formula is C15H29NO4S2. The topological polar surface area (TPSA) is 64.6 Å². The molecular weight excluding hydrogens is 322 g/mol.